The molecule has 10 heteroatoms. The fourth-order valence-electron chi connectivity index (χ4n) is 5.81. The maximum absolute atomic E-state index is 13.2. The van der Waals surface area contributed by atoms with Crippen molar-refractivity contribution >= 4 is 35.1 Å². The summed E-state index contributed by atoms with van der Waals surface area (Å²) in [4.78, 5) is 29.2. The van der Waals surface area contributed by atoms with Gasteiger partial charge in [0, 0.05) is 43.2 Å². The van der Waals surface area contributed by atoms with Crippen molar-refractivity contribution in [1.82, 2.24) is 25.1 Å². The zero-order valence-electron chi connectivity index (χ0n) is 21.4. The molecule has 3 aliphatic heterocycles. The molecule has 2 aromatic rings. The zero-order chi connectivity index (χ0) is 25.2. The highest BCUT2D eigenvalue weighted by Crippen LogP contribution is 2.48. The molecule has 2 atom stereocenters. The number of aromatic nitrogens is 4. The van der Waals surface area contributed by atoms with Crippen LogP contribution in [-0.2, 0) is 10.2 Å². The molecular formula is C26H32N8OS. The molecule has 36 heavy (non-hydrogen) atoms. The van der Waals surface area contributed by atoms with Gasteiger partial charge >= 0.3 is 0 Å². The van der Waals surface area contributed by atoms with E-state index in [-0.39, 0.29) is 22.1 Å². The van der Waals surface area contributed by atoms with Gasteiger partial charge in [-0.1, -0.05) is 13.8 Å². The third kappa shape index (κ3) is 3.71. The van der Waals surface area contributed by atoms with Gasteiger partial charge in [0.2, 0.25) is 5.91 Å². The van der Waals surface area contributed by atoms with Crippen molar-refractivity contribution in [2.75, 3.05) is 41.7 Å². The minimum atomic E-state index is -0.253. The van der Waals surface area contributed by atoms with Gasteiger partial charge in [0.25, 0.3) is 0 Å². The molecule has 1 saturated carbocycles. The first-order valence-electron chi connectivity index (χ1n) is 12.8. The topological polar surface area (TPSA) is 102 Å². The summed E-state index contributed by atoms with van der Waals surface area (Å²) in [5.41, 5.74) is 2.33. The molecule has 9 nitrogen and oxygen atoms in total. The quantitative estimate of drug-likeness (QED) is 0.620. The fraction of sp³-hybridized carbons (Fsp3) is 0.615. The van der Waals surface area contributed by atoms with E-state index in [2.05, 4.69) is 58.7 Å². The molecule has 0 aromatic carbocycles. The molecule has 5 heterocycles. The molecule has 0 spiro atoms. The van der Waals surface area contributed by atoms with Crippen molar-refractivity contribution < 1.29 is 4.79 Å². The van der Waals surface area contributed by atoms with Crippen LogP contribution < -0.4 is 9.80 Å². The maximum atomic E-state index is 13.2. The van der Waals surface area contributed by atoms with E-state index in [0.717, 1.165) is 66.7 Å². The van der Waals surface area contributed by atoms with Crippen LogP contribution in [0.4, 0.5) is 17.5 Å². The normalized spacial score (nSPS) is 26.9. The standard InChI is InChI=1S/C26H32N8OS/c1-16-13-32(8-9-33(16)24(35)26(4)7-10-36-26)22-21-23(29-15-28-22)34(14-25(21,2)3)20-11-18(17-5-6-17)19(12-27)30-31-20/h11,15-17H,5-10,13-14H2,1-4H3. The van der Waals surface area contributed by atoms with Crippen molar-refractivity contribution in [2.24, 2.45) is 0 Å². The van der Waals surface area contributed by atoms with Gasteiger partial charge in [0.05, 0.1) is 4.75 Å². The minimum Gasteiger partial charge on any atom is -0.352 e. The van der Waals surface area contributed by atoms with Crippen molar-refractivity contribution in [2.45, 2.75) is 69.1 Å². The van der Waals surface area contributed by atoms with Crippen LogP contribution in [0.15, 0.2) is 12.4 Å². The smallest absolute Gasteiger partial charge is 0.238 e. The van der Waals surface area contributed by atoms with Crippen LogP contribution >= 0.6 is 11.8 Å². The van der Waals surface area contributed by atoms with E-state index in [4.69, 9.17) is 9.97 Å². The van der Waals surface area contributed by atoms with Crippen molar-refractivity contribution in [1.29, 1.82) is 5.26 Å². The average Bonchev–Trinajstić information content (AvgIpc) is 3.66. The predicted molar refractivity (Wildman–Crippen MR) is 140 cm³/mol. The Labute approximate surface area is 216 Å². The number of carbonyl (C=O) groups excluding carboxylic acids is 1. The molecule has 2 aromatic heterocycles. The van der Waals surface area contributed by atoms with Gasteiger partial charge < -0.3 is 14.7 Å². The monoisotopic (exact) mass is 504 g/mol. The Kier molecular flexibility index (Phi) is 5.41. The van der Waals surface area contributed by atoms with Gasteiger partial charge in [0.1, 0.15) is 24.0 Å². The van der Waals surface area contributed by atoms with E-state index in [0.29, 0.717) is 24.7 Å². The SMILES string of the molecule is CC1CN(c2ncnc3c2C(C)(C)CN3c2cc(C3CC3)c(C#N)nn2)CCN1C(=O)C1(C)CCS1. The lowest BCUT2D eigenvalue weighted by atomic mass is 9.87. The largest absolute Gasteiger partial charge is 0.352 e. The van der Waals surface area contributed by atoms with Crippen LogP contribution in [0.2, 0.25) is 0 Å². The van der Waals surface area contributed by atoms with Gasteiger partial charge in [-0.25, -0.2) is 9.97 Å². The fourth-order valence-corrected chi connectivity index (χ4v) is 6.87. The first-order chi connectivity index (χ1) is 17.2. The molecule has 1 aliphatic carbocycles. The molecule has 0 N–H and O–H groups in total. The van der Waals surface area contributed by atoms with Crippen LogP contribution in [0.25, 0.3) is 0 Å². The summed E-state index contributed by atoms with van der Waals surface area (Å²) in [5.74, 6) is 4.29. The number of hydrogen-bond donors (Lipinski definition) is 0. The van der Waals surface area contributed by atoms with E-state index >= 15 is 0 Å². The molecule has 4 aliphatic rings. The number of nitriles is 1. The van der Waals surface area contributed by atoms with Gasteiger partial charge in [0.15, 0.2) is 11.5 Å². The molecule has 6 rings (SSSR count). The number of piperazine rings is 1. The van der Waals surface area contributed by atoms with Crippen LogP contribution in [0.5, 0.6) is 0 Å². The summed E-state index contributed by atoms with van der Waals surface area (Å²) in [6.07, 6.45) is 4.79. The van der Waals surface area contributed by atoms with Crippen LogP contribution in [0, 0.1) is 11.3 Å². The third-order valence-corrected chi connectivity index (χ3v) is 9.57. The Bertz CT molecular complexity index is 1270. The molecule has 188 valence electrons. The van der Waals surface area contributed by atoms with Crippen LogP contribution in [0.1, 0.15) is 69.7 Å². The number of anilines is 3. The average molecular weight is 505 g/mol. The van der Waals surface area contributed by atoms with E-state index < -0.39 is 0 Å². The Morgan fingerprint density at radius 1 is 1.17 bits per heavy atom. The molecule has 3 fully saturated rings. The molecule has 1 amide bonds. The minimum absolute atomic E-state index is 0.112. The summed E-state index contributed by atoms with van der Waals surface area (Å²) >= 11 is 1.77. The predicted octanol–water partition coefficient (Wildman–Crippen LogP) is 3.38. The van der Waals surface area contributed by atoms with E-state index in [1.165, 1.54) is 0 Å². The second-order valence-electron chi connectivity index (χ2n) is 11.4. The van der Waals surface area contributed by atoms with E-state index in [1.807, 2.05) is 6.07 Å². The lowest BCUT2D eigenvalue weighted by Gasteiger charge is -2.46. The molecule has 0 bridgehead atoms. The molecular weight excluding hydrogens is 472 g/mol. The number of fused-ring (bicyclic) bond motifs is 1. The lowest BCUT2D eigenvalue weighted by Crippen LogP contribution is -2.60. The maximum Gasteiger partial charge on any atom is 0.238 e. The summed E-state index contributed by atoms with van der Waals surface area (Å²) in [6.45, 7) is 11.6. The lowest BCUT2D eigenvalue weighted by molar-refractivity contribution is -0.136. The van der Waals surface area contributed by atoms with Crippen molar-refractivity contribution in [3.05, 3.63) is 29.2 Å². The number of hydrogen-bond acceptors (Lipinski definition) is 9. The summed E-state index contributed by atoms with van der Waals surface area (Å²) in [7, 11) is 0. The Morgan fingerprint density at radius 2 is 1.92 bits per heavy atom. The highest BCUT2D eigenvalue weighted by molar-refractivity contribution is 8.02. The number of rotatable bonds is 4. The highest BCUT2D eigenvalue weighted by atomic mass is 32.2. The first-order valence-corrected chi connectivity index (χ1v) is 13.8. The summed E-state index contributed by atoms with van der Waals surface area (Å²) in [5, 5.41) is 18.2. The van der Waals surface area contributed by atoms with E-state index in [1.54, 1.807) is 18.1 Å². The van der Waals surface area contributed by atoms with Gasteiger partial charge in [-0.2, -0.15) is 5.26 Å². The Hall–Kier alpha value is -2.93. The van der Waals surface area contributed by atoms with Crippen molar-refractivity contribution in [3.63, 3.8) is 0 Å². The number of amides is 1. The van der Waals surface area contributed by atoms with Gasteiger partial charge in [-0.15, -0.1) is 22.0 Å². The Balaban J connectivity index is 1.30. The zero-order valence-corrected chi connectivity index (χ0v) is 22.2. The van der Waals surface area contributed by atoms with Crippen LogP contribution in [0.3, 0.4) is 0 Å². The molecule has 0 radical (unpaired) electrons. The summed E-state index contributed by atoms with van der Waals surface area (Å²) < 4.78 is -0.253. The van der Waals surface area contributed by atoms with Gasteiger partial charge in [-0.05, 0) is 56.4 Å². The number of thioether (sulfide) groups is 1. The van der Waals surface area contributed by atoms with Crippen molar-refractivity contribution in [3.8, 4) is 6.07 Å². The van der Waals surface area contributed by atoms with Crippen LogP contribution in [-0.4, -0.2) is 73.7 Å². The first kappa shape index (κ1) is 23.5. The second-order valence-corrected chi connectivity index (χ2v) is 13.0. The Morgan fingerprint density at radius 3 is 2.56 bits per heavy atom. The number of carbonyl (C=O) groups is 1. The van der Waals surface area contributed by atoms with Gasteiger partial charge in [-0.3, -0.25) is 4.79 Å². The third-order valence-electron chi connectivity index (χ3n) is 8.14. The summed E-state index contributed by atoms with van der Waals surface area (Å²) in [6, 6.07) is 4.34. The molecule has 2 unspecified atom stereocenters. The number of nitrogens with zero attached hydrogens (tertiary/aromatic N) is 8. The highest BCUT2D eigenvalue weighted by Gasteiger charge is 2.46. The van der Waals surface area contributed by atoms with E-state index in [9.17, 15) is 10.1 Å². The molecule has 2 saturated heterocycles. The second kappa shape index (κ2) is 8.30.